The Hall–Kier alpha value is -0.576. The second kappa shape index (κ2) is 13.2. The highest BCUT2D eigenvalue weighted by Gasteiger charge is 2.36. The average Bonchev–Trinajstić information content (AvgIpc) is 3.22. The van der Waals surface area contributed by atoms with Crippen LogP contribution in [0.3, 0.4) is 0 Å². The van der Waals surface area contributed by atoms with Crippen LogP contribution < -0.4 is 4.90 Å². The summed E-state index contributed by atoms with van der Waals surface area (Å²) >= 11 is 2.31. The van der Waals surface area contributed by atoms with E-state index >= 15 is 0 Å². The van der Waals surface area contributed by atoms with E-state index in [9.17, 15) is 5.11 Å². The molecule has 0 radical (unpaired) electrons. The molecule has 1 saturated carbocycles. The molecule has 0 amide bonds. The summed E-state index contributed by atoms with van der Waals surface area (Å²) in [7, 11) is -0.651. The predicted molar refractivity (Wildman–Crippen MR) is 164 cm³/mol. The van der Waals surface area contributed by atoms with E-state index in [0.717, 1.165) is 71.7 Å². The van der Waals surface area contributed by atoms with E-state index in [2.05, 4.69) is 77.9 Å². The van der Waals surface area contributed by atoms with Crippen LogP contribution in [0.25, 0.3) is 5.65 Å². The summed E-state index contributed by atoms with van der Waals surface area (Å²) in [5, 5.41) is 14.6. The first-order valence-corrected chi connectivity index (χ1v) is 22.0. The zero-order valence-electron chi connectivity index (χ0n) is 23.8. The number of anilines is 1. The third-order valence-electron chi connectivity index (χ3n) is 7.28. The van der Waals surface area contributed by atoms with Gasteiger partial charge in [0.25, 0.3) is 0 Å². The molecule has 0 aliphatic heterocycles. The molecule has 0 bridgehead atoms. The first kappa shape index (κ1) is 31.0. The smallest absolute Gasteiger partial charge is 0.171 e. The molecule has 0 unspecified atom stereocenters. The maximum absolute atomic E-state index is 9.89. The van der Waals surface area contributed by atoms with Crippen molar-refractivity contribution in [3.63, 3.8) is 0 Å². The highest BCUT2D eigenvalue weighted by atomic mass is 127. The fraction of sp³-hybridized carbons (Fsp3) is 0.769. The van der Waals surface area contributed by atoms with Crippen LogP contribution in [0.1, 0.15) is 37.3 Å². The molecule has 210 valence electrons. The number of methoxy groups -OCH3 is 1. The van der Waals surface area contributed by atoms with Gasteiger partial charge in [-0.3, -0.25) is 0 Å². The van der Waals surface area contributed by atoms with Crippen molar-refractivity contribution in [2.24, 2.45) is 0 Å². The van der Waals surface area contributed by atoms with Crippen molar-refractivity contribution in [2.45, 2.75) is 88.6 Å². The lowest BCUT2D eigenvalue weighted by Crippen LogP contribution is -2.39. The lowest BCUT2D eigenvalue weighted by molar-refractivity contribution is -0.0784. The molecule has 8 nitrogen and oxygen atoms in total. The first-order valence-electron chi connectivity index (χ1n) is 13.5. The van der Waals surface area contributed by atoms with Crippen molar-refractivity contribution in [1.82, 2.24) is 14.6 Å². The van der Waals surface area contributed by atoms with Gasteiger partial charge in [-0.05, 0) is 60.4 Å². The lowest BCUT2D eigenvalue weighted by Gasteiger charge is -2.37. The summed E-state index contributed by atoms with van der Waals surface area (Å²) in [6.45, 7) is 16.7. The molecule has 37 heavy (non-hydrogen) atoms. The fourth-order valence-corrected chi connectivity index (χ4v) is 6.50. The Kier molecular flexibility index (Phi) is 11.0. The van der Waals surface area contributed by atoms with E-state index in [0.29, 0.717) is 19.4 Å². The molecule has 0 aromatic carbocycles. The van der Waals surface area contributed by atoms with Crippen molar-refractivity contribution < 1.29 is 19.3 Å². The number of rotatable bonds is 14. The van der Waals surface area contributed by atoms with Gasteiger partial charge in [0, 0.05) is 54.1 Å². The van der Waals surface area contributed by atoms with E-state index < -0.39 is 21.7 Å². The number of hydrogen-bond donors (Lipinski definition) is 1. The second-order valence-electron chi connectivity index (χ2n) is 12.8. The first-order chi connectivity index (χ1) is 17.4. The molecule has 1 aliphatic carbocycles. The van der Waals surface area contributed by atoms with Crippen molar-refractivity contribution in [2.75, 3.05) is 45.3 Å². The van der Waals surface area contributed by atoms with Crippen molar-refractivity contribution in [3.8, 4) is 0 Å². The van der Waals surface area contributed by atoms with Gasteiger partial charge in [-0.1, -0.05) is 39.3 Å². The molecule has 0 spiro atoms. The maximum Gasteiger partial charge on any atom is 0.171 e. The standard InChI is InChI=1S/C26H47IN4O4Si2/c1-33-26(18-32)10-8-21(9-11-26)23-16-24(31-25(29-23)22(27)17-28-31)30(19-34-12-14-36(2,3)4)20-35-13-15-37(5,6)7/h16-17,21,32H,8-15,18-20H2,1-7H3. The molecule has 0 saturated heterocycles. The van der Waals surface area contributed by atoms with Crippen LogP contribution in [0, 0.1) is 3.57 Å². The molecule has 0 atom stereocenters. The highest BCUT2D eigenvalue weighted by molar-refractivity contribution is 14.1. The molecule has 11 heteroatoms. The number of aromatic nitrogens is 3. The molecule has 1 fully saturated rings. The number of halogens is 1. The topological polar surface area (TPSA) is 81.4 Å². The summed E-state index contributed by atoms with van der Waals surface area (Å²) in [5.41, 5.74) is 1.51. The van der Waals surface area contributed by atoms with E-state index in [1.807, 2.05) is 10.7 Å². The van der Waals surface area contributed by atoms with Crippen molar-refractivity contribution >= 4 is 50.2 Å². The minimum atomic E-state index is -1.18. The fourth-order valence-electron chi connectivity index (χ4n) is 4.51. The van der Waals surface area contributed by atoms with Crippen LogP contribution in [-0.2, 0) is 14.2 Å². The zero-order chi connectivity index (χ0) is 27.3. The normalized spacial score (nSPS) is 21.1. The Morgan fingerprint density at radius 2 is 1.62 bits per heavy atom. The molecule has 2 aromatic rings. The van der Waals surface area contributed by atoms with Crippen LogP contribution >= 0.6 is 22.6 Å². The van der Waals surface area contributed by atoms with Crippen LogP contribution in [0.5, 0.6) is 0 Å². The van der Waals surface area contributed by atoms with Gasteiger partial charge < -0.3 is 24.2 Å². The van der Waals surface area contributed by atoms with E-state index in [1.165, 1.54) is 0 Å². The minimum absolute atomic E-state index is 0.0613. The number of nitrogens with zero attached hydrogens (tertiary/aromatic N) is 4. The van der Waals surface area contributed by atoms with Crippen LogP contribution in [0.15, 0.2) is 12.3 Å². The minimum Gasteiger partial charge on any atom is -0.393 e. The largest absolute Gasteiger partial charge is 0.393 e. The molecular formula is C26H47IN4O4Si2. The van der Waals surface area contributed by atoms with Crippen LogP contribution in [0.4, 0.5) is 5.82 Å². The average molecular weight is 663 g/mol. The van der Waals surface area contributed by atoms with Crippen LogP contribution in [-0.4, -0.2) is 81.8 Å². The number of aliphatic hydroxyl groups is 1. The zero-order valence-corrected chi connectivity index (χ0v) is 28.0. The molecule has 1 N–H and O–H groups in total. The van der Waals surface area contributed by atoms with Gasteiger partial charge in [0.05, 0.1) is 22.0 Å². The van der Waals surface area contributed by atoms with Gasteiger partial charge in [-0.15, -0.1) is 0 Å². The number of fused-ring (bicyclic) bond motifs is 1. The summed E-state index contributed by atoms with van der Waals surface area (Å²) in [5.74, 6) is 1.27. The van der Waals surface area contributed by atoms with E-state index in [1.54, 1.807) is 7.11 Å². The van der Waals surface area contributed by atoms with Gasteiger partial charge in [0.2, 0.25) is 0 Å². The van der Waals surface area contributed by atoms with Crippen LogP contribution in [0.2, 0.25) is 51.4 Å². The molecule has 2 aromatic heterocycles. The van der Waals surface area contributed by atoms with E-state index in [4.69, 9.17) is 19.2 Å². The molecule has 1 aliphatic rings. The Morgan fingerprint density at radius 3 is 2.11 bits per heavy atom. The summed E-state index contributed by atoms with van der Waals surface area (Å²) in [6, 6.07) is 4.42. The Labute approximate surface area is 238 Å². The van der Waals surface area contributed by atoms with Gasteiger partial charge in [-0.25, -0.2) is 4.98 Å². The Bertz CT molecular complexity index is 973. The lowest BCUT2D eigenvalue weighted by atomic mass is 9.77. The number of aliphatic hydroxyl groups excluding tert-OH is 1. The third-order valence-corrected chi connectivity index (χ3v) is 11.4. The summed E-state index contributed by atoms with van der Waals surface area (Å²) < 4.78 is 21.0. The maximum atomic E-state index is 9.89. The Morgan fingerprint density at radius 1 is 1.05 bits per heavy atom. The third kappa shape index (κ3) is 8.97. The SMILES string of the molecule is COC1(CO)CCC(c2cc(N(COCC[Si](C)(C)C)COCC[Si](C)(C)C)n3ncc(I)c3n2)CC1. The molecule has 2 heterocycles. The van der Waals surface area contributed by atoms with Gasteiger partial charge >= 0.3 is 0 Å². The van der Waals surface area contributed by atoms with Gasteiger partial charge in [-0.2, -0.15) is 9.61 Å². The van der Waals surface area contributed by atoms with Crippen molar-refractivity contribution in [1.29, 1.82) is 0 Å². The van der Waals surface area contributed by atoms with E-state index in [-0.39, 0.29) is 6.61 Å². The number of ether oxygens (including phenoxy) is 3. The highest BCUT2D eigenvalue weighted by Crippen LogP contribution is 2.40. The van der Waals surface area contributed by atoms with Gasteiger partial charge in [0.15, 0.2) is 5.65 Å². The van der Waals surface area contributed by atoms with Gasteiger partial charge in [0.1, 0.15) is 19.3 Å². The molecule has 3 rings (SSSR count). The van der Waals surface area contributed by atoms with Crippen molar-refractivity contribution in [3.05, 3.63) is 21.5 Å². The molecular weight excluding hydrogens is 615 g/mol. The Balaban J connectivity index is 1.85. The summed E-state index contributed by atoms with van der Waals surface area (Å²) in [4.78, 5) is 7.21. The quantitative estimate of drug-likeness (QED) is 0.119. The summed E-state index contributed by atoms with van der Waals surface area (Å²) in [6.07, 6.45) is 5.39. The number of hydrogen-bond acceptors (Lipinski definition) is 7. The monoisotopic (exact) mass is 662 g/mol. The predicted octanol–water partition coefficient (Wildman–Crippen LogP) is 5.80. The second-order valence-corrected chi connectivity index (χ2v) is 25.2.